The fourth-order valence-electron chi connectivity index (χ4n) is 2.50. The van der Waals surface area contributed by atoms with Crippen molar-refractivity contribution in [3.05, 3.63) is 48.0 Å². The van der Waals surface area contributed by atoms with Crippen molar-refractivity contribution in [3.63, 3.8) is 0 Å². The second kappa shape index (κ2) is 5.30. The van der Waals surface area contributed by atoms with E-state index in [1.54, 1.807) is 0 Å². The van der Waals surface area contributed by atoms with Gasteiger partial charge in [-0.1, -0.05) is 42.5 Å². The van der Waals surface area contributed by atoms with Gasteiger partial charge in [-0.3, -0.25) is 0 Å². The molecule has 1 aromatic carbocycles. The molecule has 0 aliphatic carbocycles. The van der Waals surface area contributed by atoms with E-state index in [9.17, 15) is 0 Å². The quantitative estimate of drug-likeness (QED) is 0.795. The van der Waals surface area contributed by atoms with Gasteiger partial charge in [-0.15, -0.1) is 0 Å². The van der Waals surface area contributed by atoms with E-state index in [1.807, 2.05) is 56.3 Å². The lowest BCUT2D eigenvalue weighted by atomic mass is 10.1. The second-order valence-electron chi connectivity index (χ2n) is 5.56. The number of hydrogen-bond acceptors (Lipinski definition) is 4. The Labute approximate surface area is 119 Å². The molecule has 4 heteroatoms. The highest BCUT2D eigenvalue weighted by molar-refractivity contribution is 5.14. The predicted molar refractivity (Wildman–Crippen MR) is 74.0 cm³/mol. The predicted octanol–water partition coefficient (Wildman–Crippen LogP) is 2.64. The lowest BCUT2D eigenvalue weighted by molar-refractivity contribution is -0.289. The Morgan fingerprint density at radius 3 is 2.70 bits per heavy atom. The van der Waals surface area contributed by atoms with E-state index in [-0.39, 0.29) is 6.10 Å². The summed E-state index contributed by atoms with van der Waals surface area (Å²) >= 11 is 0. The molecule has 2 atom stereocenters. The molecule has 0 aromatic heterocycles. The summed E-state index contributed by atoms with van der Waals surface area (Å²) in [5.41, 5.74) is 1.12. The fraction of sp³-hybridized carbons (Fsp3) is 0.500. The van der Waals surface area contributed by atoms with Crippen molar-refractivity contribution in [2.75, 3.05) is 13.2 Å². The Morgan fingerprint density at radius 2 is 2.00 bits per heavy atom. The van der Waals surface area contributed by atoms with Gasteiger partial charge in [0.05, 0.1) is 13.2 Å². The third kappa shape index (κ3) is 2.79. The molecule has 0 bridgehead atoms. The number of hydrogen-bond donors (Lipinski definition) is 0. The number of benzene rings is 1. The summed E-state index contributed by atoms with van der Waals surface area (Å²) in [6, 6.07) is 10.1. The van der Waals surface area contributed by atoms with E-state index >= 15 is 0 Å². The SMILES string of the molecule is CC1(C)OC[C@]2(OCC=C[C@@H]2OCc2ccccc2)O1. The standard InChI is InChI=1S/C16H20O4/c1-15(2)19-12-16(20-15)14(9-6-10-18-16)17-11-13-7-4-3-5-8-13/h3-9,14H,10-12H2,1-2H3/t14-,16-/m0/s1. The van der Waals surface area contributed by atoms with Crippen molar-refractivity contribution in [1.29, 1.82) is 0 Å². The van der Waals surface area contributed by atoms with Crippen molar-refractivity contribution in [2.24, 2.45) is 0 Å². The van der Waals surface area contributed by atoms with Gasteiger partial charge in [0.2, 0.25) is 5.79 Å². The average molecular weight is 276 g/mol. The summed E-state index contributed by atoms with van der Waals surface area (Å²) < 4.78 is 23.4. The Bertz CT molecular complexity index is 483. The van der Waals surface area contributed by atoms with Crippen LogP contribution in [-0.4, -0.2) is 30.9 Å². The van der Waals surface area contributed by atoms with E-state index in [4.69, 9.17) is 18.9 Å². The molecule has 0 N–H and O–H groups in total. The number of ether oxygens (including phenoxy) is 4. The topological polar surface area (TPSA) is 36.9 Å². The zero-order valence-corrected chi connectivity index (χ0v) is 11.9. The smallest absolute Gasteiger partial charge is 0.225 e. The van der Waals surface area contributed by atoms with Crippen molar-refractivity contribution < 1.29 is 18.9 Å². The van der Waals surface area contributed by atoms with Crippen LogP contribution in [0.15, 0.2) is 42.5 Å². The zero-order valence-electron chi connectivity index (χ0n) is 11.9. The maximum atomic E-state index is 5.98. The van der Waals surface area contributed by atoms with Crippen LogP contribution in [0.2, 0.25) is 0 Å². The van der Waals surface area contributed by atoms with E-state index in [2.05, 4.69) is 0 Å². The van der Waals surface area contributed by atoms with E-state index in [1.165, 1.54) is 0 Å². The summed E-state index contributed by atoms with van der Waals surface area (Å²) in [4.78, 5) is 0. The highest BCUT2D eigenvalue weighted by Gasteiger charge is 2.52. The van der Waals surface area contributed by atoms with Gasteiger partial charge in [0, 0.05) is 0 Å². The molecule has 0 radical (unpaired) electrons. The molecule has 2 heterocycles. The van der Waals surface area contributed by atoms with Crippen LogP contribution in [0.3, 0.4) is 0 Å². The molecule has 108 valence electrons. The van der Waals surface area contributed by atoms with Gasteiger partial charge in [-0.2, -0.15) is 0 Å². The van der Waals surface area contributed by atoms with Gasteiger partial charge in [-0.25, -0.2) is 0 Å². The summed E-state index contributed by atoms with van der Waals surface area (Å²) in [6.45, 7) is 5.19. The molecule has 20 heavy (non-hydrogen) atoms. The molecule has 1 aromatic rings. The first-order valence-electron chi connectivity index (χ1n) is 6.90. The van der Waals surface area contributed by atoms with Crippen LogP contribution >= 0.6 is 0 Å². The first-order valence-corrected chi connectivity index (χ1v) is 6.90. The van der Waals surface area contributed by atoms with Crippen LogP contribution in [0.25, 0.3) is 0 Å². The van der Waals surface area contributed by atoms with Gasteiger partial charge in [0.15, 0.2) is 5.79 Å². The molecule has 1 fully saturated rings. The largest absolute Gasteiger partial charge is 0.364 e. The number of rotatable bonds is 3. The molecule has 3 rings (SSSR count). The van der Waals surface area contributed by atoms with Gasteiger partial charge in [-0.05, 0) is 19.4 Å². The second-order valence-corrected chi connectivity index (χ2v) is 5.56. The zero-order chi connectivity index (χ0) is 14.1. The van der Waals surface area contributed by atoms with Crippen molar-refractivity contribution in [3.8, 4) is 0 Å². The Balaban J connectivity index is 1.70. The molecule has 0 unspecified atom stereocenters. The molecule has 0 amide bonds. The molecular formula is C16H20O4. The third-order valence-corrected chi connectivity index (χ3v) is 3.48. The molecule has 2 aliphatic rings. The molecular weight excluding hydrogens is 256 g/mol. The van der Waals surface area contributed by atoms with Crippen LogP contribution in [0.5, 0.6) is 0 Å². The Hall–Kier alpha value is -1.20. The van der Waals surface area contributed by atoms with Gasteiger partial charge >= 0.3 is 0 Å². The first kappa shape index (κ1) is 13.8. The lowest BCUT2D eigenvalue weighted by Crippen LogP contribution is -2.50. The van der Waals surface area contributed by atoms with Crippen LogP contribution in [0, 0.1) is 0 Å². The Kier molecular flexibility index (Phi) is 3.65. The first-order chi connectivity index (χ1) is 9.60. The van der Waals surface area contributed by atoms with E-state index in [0.29, 0.717) is 19.8 Å². The van der Waals surface area contributed by atoms with Crippen LogP contribution in [0.1, 0.15) is 19.4 Å². The summed E-state index contributed by atoms with van der Waals surface area (Å²) in [6.07, 6.45) is 3.69. The van der Waals surface area contributed by atoms with Gasteiger partial charge in [0.1, 0.15) is 12.7 Å². The lowest BCUT2D eigenvalue weighted by Gasteiger charge is -2.36. The average Bonchev–Trinajstić information content (AvgIpc) is 2.75. The van der Waals surface area contributed by atoms with Crippen molar-refractivity contribution >= 4 is 0 Å². The molecule has 4 nitrogen and oxygen atoms in total. The molecule has 0 saturated carbocycles. The Morgan fingerprint density at radius 1 is 1.20 bits per heavy atom. The maximum absolute atomic E-state index is 5.98. The minimum Gasteiger partial charge on any atom is -0.364 e. The van der Waals surface area contributed by atoms with E-state index < -0.39 is 11.6 Å². The normalized spacial score (nSPS) is 31.8. The monoisotopic (exact) mass is 276 g/mol. The third-order valence-electron chi connectivity index (χ3n) is 3.48. The van der Waals surface area contributed by atoms with Gasteiger partial charge < -0.3 is 18.9 Å². The molecule has 1 spiro atoms. The van der Waals surface area contributed by atoms with Crippen molar-refractivity contribution in [2.45, 2.75) is 38.1 Å². The fourth-order valence-corrected chi connectivity index (χ4v) is 2.50. The summed E-state index contributed by atoms with van der Waals surface area (Å²) in [5, 5.41) is 0. The minimum absolute atomic E-state index is 0.266. The van der Waals surface area contributed by atoms with Crippen LogP contribution in [-0.2, 0) is 25.6 Å². The maximum Gasteiger partial charge on any atom is 0.225 e. The highest BCUT2D eigenvalue weighted by atomic mass is 16.8. The van der Waals surface area contributed by atoms with Crippen LogP contribution in [0.4, 0.5) is 0 Å². The minimum atomic E-state index is -0.826. The van der Waals surface area contributed by atoms with Crippen LogP contribution < -0.4 is 0 Å². The summed E-state index contributed by atoms with van der Waals surface area (Å²) in [7, 11) is 0. The molecule has 2 aliphatic heterocycles. The highest BCUT2D eigenvalue weighted by Crippen LogP contribution is 2.38. The van der Waals surface area contributed by atoms with E-state index in [0.717, 1.165) is 5.56 Å². The van der Waals surface area contributed by atoms with Crippen molar-refractivity contribution in [1.82, 2.24) is 0 Å². The van der Waals surface area contributed by atoms with Gasteiger partial charge in [0.25, 0.3) is 0 Å². The summed E-state index contributed by atoms with van der Waals surface area (Å²) in [5.74, 6) is -1.47. The molecule has 1 saturated heterocycles.